The molecule has 0 fully saturated rings. The van der Waals surface area contributed by atoms with Crippen molar-refractivity contribution in [3.8, 4) is 0 Å². The topological polar surface area (TPSA) is 45.0 Å². The van der Waals surface area contributed by atoms with E-state index in [2.05, 4.69) is 9.98 Å². The van der Waals surface area contributed by atoms with E-state index in [4.69, 9.17) is 5.11 Å². The first-order valence-corrected chi connectivity index (χ1v) is 3.07. The predicted molar refractivity (Wildman–Crippen MR) is 37.1 cm³/mol. The molecule has 3 heteroatoms. The molecule has 1 rings (SSSR count). The van der Waals surface area contributed by atoms with Gasteiger partial charge in [0.2, 0.25) is 0 Å². The summed E-state index contributed by atoms with van der Waals surface area (Å²) in [5.41, 5.74) is 0. The van der Waals surface area contributed by atoms with E-state index < -0.39 is 6.10 Å². The van der Waals surface area contributed by atoms with Gasteiger partial charge in [0.25, 0.3) is 0 Å². The monoisotopic (exact) mass is 126 g/mol. The summed E-state index contributed by atoms with van der Waals surface area (Å²) in [6.45, 7) is 1.91. The van der Waals surface area contributed by atoms with Crippen LogP contribution in [-0.4, -0.2) is 29.8 Å². The third-order valence-electron chi connectivity index (χ3n) is 1.31. The fraction of sp³-hybridized carbons (Fsp3) is 0.667. The van der Waals surface area contributed by atoms with Gasteiger partial charge >= 0.3 is 0 Å². The zero-order valence-electron chi connectivity index (χ0n) is 5.36. The molecule has 0 aromatic rings. The Labute approximate surface area is 54.1 Å². The number of aliphatic hydroxyl groups is 1. The van der Waals surface area contributed by atoms with E-state index in [0.29, 0.717) is 6.42 Å². The van der Waals surface area contributed by atoms with Crippen molar-refractivity contribution in [3.63, 3.8) is 0 Å². The second-order valence-electron chi connectivity index (χ2n) is 1.99. The average molecular weight is 126 g/mol. The molecule has 0 saturated carbocycles. The van der Waals surface area contributed by atoms with Gasteiger partial charge in [0.1, 0.15) is 0 Å². The lowest BCUT2D eigenvalue weighted by molar-refractivity contribution is 0.145. The average Bonchev–Trinajstić information content (AvgIpc) is 2.37. The van der Waals surface area contributed by atoms with Crippen LogP contribution in [0.4, 0.5) is 0 Å². The molecule has 1 atom stereocenters. The number of aliphatic hydroxyl groups excluding tert-OH is 1. The van der Waals surface area contributed by atoms with E-state index in [-0.39, 0.29) is 6.17 Å². The molecule has 0 saturated heterocycles. The highest BCUT2D eigenvalue weighted by Gasteiger charge is 2.14. The Kier molecular flexibility index (Phi) is 1.95. The molecule has 50 valence electrons. The van der Waals surface area contributed by atoms with Crippen LogP contribution in [0.25, 0.3) is 0 Å². The molecule has 9 heavy (non-hydrogen) atoms. The van der Waals surface area contributed by atoms with Gasteiger partial charge in [-0.25, -0.2) is 0 Å². The first kappa shape index (κ1) is 6.42. The molecule has 3 nitrogen and oxygen atoms in total. The van der Waals surface area contributed by atoms with Gasteiger partial charge in [-0.15, -0.1) is 0 Å². The molecule has 1 heterocycles. The van der Waals surface area contributed by atoms with E-state index in [9.17, 15) is 0 Å². The van der Waals surface area contributed by atoms with Gasteiger partial charge in [0, 0.05) is 12.4 Å². The first-order chi connectivity index (χ1) is 4.34. The summed E-state index contributed by atoms with van der Waals surface area (Å²) in [5, 5.41) is 9.13. The first-order valence-electron chi connectivity index (χ1n) is 3.07. The molecule has 0 amide bonds. The SMILES string of the molecule is CCC(O)C1N=CC=N1. The highest BCUT2D eigenvalue weighted by atomic mass is 16.3. The predicted octanol–water partition coefficient (Wildman–Crippen LogP) is 0.239. The van der Waals surface area contributed by atoms with Crippen molar-refractivity contribution in [1.29, 1.82) is 0 Å². The van der Waals surface area contributed by atoms with E-state index in [0.717, 1.165) is 0 Å². The Morgan fingerprint density at radius 2 is 2.11 bits per heavy atom. The van der Waals surface area contributed by atoms with Gasteiger partial charge in [0.05, 0.1) is 6.10 Å². The number of hydrogen-bond acceptors (Lipinski definition) is 3. The molecule has 1 N–H and O–H groups in total. The molecule has 0 spiro atoms. The van der Waals surface area contributed by atoms with Crippen LogP contribution in [-0.2, 0) is 0 Å². The maximum atomic E-state index is 9.13. The van der Waals surface area contributed by atoms with Crippen LogP contribution in [0, 0.1) is 0 Å². The maximum Gasteiger partial charge on any atom is 0.165 e. The van der Waals surface area contributed by atoms with Crippen molar-refractivity contribution in [1.82, 2.24) is 0 Å². The summed E-state index contributed by atoms with van der Waals surface area (Å²) in [7, 11) is 0. The van der Waals surface area contributed by atoms with Gasteiger partial charge in [-0.2, -0.15) is 0 Å². The minimum atomic E-state index is -0.403. The molecule has 0 bridgehead atoms. The van der Waals surface area contributed by atoms with Crippen molar-refractivity contribution in [3.05, 3.63) is 0 Å². The third-order valence-corrected chi connectivity index (χ3v) is 1.31. The van der Waals surface area contributed by atoms with Crippen LogP contribution in [0.5, 0.6) is 0 Å². The van der Waals surface area contributed by atoms with Gasteiger partial charge < -0.3 is 5.11 Å². The van der Waals surface area contributed by atoms with Crippen molar-refractivity contribution >= 4 is 12.4 Å². The second kappa shape index (κ2) is 2.73. The number of rotatable bonds is 2. The maximum absolute atomic E-state index is 9.13. The van der Waals surface area contributed by atoms with Crippen molar-refractivity contribution in [2.75, 3.05) is 0 Å². The molecule has 0 aromatic carbocycles. The van der Waals surface area contributed by atoms with Gasteiger partial charge in [0.15, 0.2) is 6.17 Å². The van der Waals surface area contributed by atoms with Crippen LogP contribution >= 0.6 is 0 Å². The Hall–Kier alpha value is -0.700. The zero-order valence-corrected chi connectivity index (χ0v) is 5.36. The summed E-state index contributed by atoms with van der Waals surface area (Å²) >= 11 is 0. The smallest absolute Gasteiger partial charge is 0.165 e. The summed E-state index contributed by atoms with van der Waals surface area (Å²) in [6, 6.07) is 0. The summed E-state index contributed by atoms with van der Waals surface area (Å²) < 4.78 is 0. The fourth-order valence-electron chi connectivity index (χ4n) is 0.701. The van der Waals surface area contributed by atoms with Gasteiger partial charge in [-0.05, 0) is 6.42 Å². The summed E-state index contributed by atoms with van der Waals surface area (Å²) in [5.74, 6) is 0. The zero-order chi connectivity index (χ0) is 6.69. The minimum Gasteiger partial charge on any atom is -0.389 e. The van der Waals surface area contributed by atoms with Crippen LogP contribution in [0.15, 0.2) is 9.98 Å². The lowest BCUT2D eigenvalue weighted by Crippen LogP contribution is -2.19. The molecule has 0 radical (unpaired) electrons. The summed E-state index contributed by atoms with van der Waals surface area (Å²) in [4.78, 5) is 7.82. The Morgan fingerprint density at radius 3 is 2.56 bits per heavy atom. The Bertz CT molecular complexity index is 130. The molecule has 1 aliphatic heterocycles. The fourth-order valence-corrected chi connectivity index (χ4v) is 0.701. The standard InChI is InChI=1S/C6H10N2O/c1-2-5(9)6-7-3-4-8-6/h3-6,9H,2H2,1H3. The lowest BCUT2D eigenvalue weighted by atomic mass is 10.2. The highest BCUT2D eigenvalue weighted by molar-refractivity contribution is 6.17. The summed E-state index contributed by atoms with van der Waals surface area (Å²) in [6.07, 6.45) is 3.31. The Morgan fingerprint density at radius 1 is 1.56 bits per heavy atom. The third kappa shape index (κ3) is 1.36. The van der Waals surface area contributed by atoms with E-state index in [1.54, 1.807) is 12.4 Å². The van der Waals surface area contributed by atoms with Crippen LogP contribution in [0.1, 0.15) is 13.3 Å². The second-order valence-corrected chi connectivity index (χ2v) is 1.99. The molecular weight excluding hydrogens is 116 g/mol. The minimum absolute atomic E-state index is 0.227. The molecule has 1 aliphatic rings. The molecule has 0 aliphatic carbocycles. The normalized spacial score (nSPS) is 21.1. The number of nitrogens with zero attached hydrogens (tertiary/aromatic N) is 2. The Balaban J connectivity index is 2.43. The van der Waals surface area contributed by atoms with Crippen LogP contribution in [0.2, 0.25) is 0 Å². The quantitative estimate of drug-likeness (QED) is 0.566. The lowest BCUT2D eigenvalue weighted by Gasteiger charge is -2.08. The van der Waals surface area contributed by atoms with E-state index in [1.165, 1.54) is 0 Å². The van der Waals surface area contributed by atoms with E-state index >= 15 is 0 Å². The van der Waals surface area contributed by atoms with Crippen molar-refractivity contribution < 1.29 is 5.11 Å². The number of hydrogen-bond donors (Lipinski definition) is 1. The number of aliphatic imine (C=N–C) groups is 2. The van der Waals surface area contributed by atoms with Crippen molar-refractivity contribution in [2.24, 2.45) is 9.98 Å². The van der Waals surface area contributed by atoms with E-state index in [1.807, 2.05) is 6.92 Å². The van der Waals surface area contributed by atoms with Gasteiger partial charge in [-0.1, -0.05) is 6.92 Å². The highest BCUT2D eigenvalue weighted by Crippen LogP contribution is 2.05. The van der Waals surface area contributed by atoms with Gasteiger partial charge in [-0.3, -0.25) is 9.98 Å². The molecular formula is C6H10N2O. The largest absolute Gasteiger partial charge is 0.389 e. The van der Waals surface area contributed by atoms with Crippen LogP contribution < -0.4 is 0 Å². The van der Waals surface area contributed by atoms with Crippen LogP contribution in [0.3, 0.4) is 0 Å². The van der Waals surface area contributed by atoms with Crippen molar-refractivity contribution in [2.45, 2.75) is 25.6 Å². The molecule has 1 unspecified atom stereocenters. The molecule has 0 aromatic heterocycles.